The van der Waals surface area contributed by atoms with Gasteiger partial charge in [-0.2, -0.15) is 0 Å². The van der Waals surface area contributed by atoms with Crippen molar-refractivity contribution in [3.8, 4) is 23.0 Å². The third-order valence-corrected chi connectivity index (χ3v) is 6.57. The molecule has 0 saturated carbocycles. The highest BCUT2D eigenvalue weighted by Gasteiger charge is 2.25. The fourth-order valence-corrected chi connectivity index (χ4v) is 4.58. The molecule has 0 radical (unpaired) electrons. The Labute approximate surface area is 211 Å². The average molecular weight is 483 g/mol. The Morgan fingerprint density at radius 3 is 2.34 bits per heavy atom. The topological polar surface area (TPSA) is 54.0 Å². The van der Waals surface area contributed by atoms with Crippen molar-refractivity contribution in [2.45, 2.75) is 97.0 Å². The van der Waals surface area contributed by atoms with Gasteiger partial charge in [-0.25, -0.2) is 0 Å². The summed E-state index contributed by atoms with van der Waals surface area (Å²) in [5, 5.41) is 0. The molecule has 2 aromatic carbocycles. The SMILES string of the molecule is CCCCCCCCCCCC(=O)Oc1ccc(C2CCc3ccc(OC)cc3O2)c(OCC)c1. The number of carbonyl (C=O) groups is 1. The van der Waals surface area contributed by atoms with Crippen LogP contribution in [0.15, 0.2) is 36.4 Å². The van der Waals surface area contributed by atoms with Crippen LogP contribution in [0.2, 0.25) is 0 Å². The van der Waals surface area contributed by atoms with Gasteiger partial charge >= 0.3 is 5.97 Å². The number of esters is 1. The summed E-state index contributed by atoms with van der Waals surface area (Å²) >= 11 is 0. The third-order valence-electron chi connectivity index (χ3n) is 6.57. The van der Waals surface area contributed by atoms with E-state index in [2.05, 4.69) is 13.0 Å². The Morgan fingerprint density at radius 1 is 0.914 bits per heavy atom. The van der Waals surface area contributed by atoms with Crippen molar-refractivity contribution >= 4 is 5.97 Å². The lowest BCUT2D eigenvalue weighted by atomic mass is 9.96. The highest BCUT2D eigenvalue weighted by Crippen LogP contribution is 2.40. The number of carbonyl (C=O) groups excluding carboxylic acids is 1. The number of rotatable bonds is 15. The summed E-state index contributed by atoms with van der Waals surface area (Å²) in [5.74, 6) is 2.68. The van der Waals surface area contributed by atoms with Gasteiger partial charge < -0.3 is 18.9 Å². The Morgan fingerprint density at radius 2 is 1.63 bits per heavy atom. The quantitative estimate of drug-likeness (QED) is 0.146. The van der Waals surface area contributed by atoms with E-state index >= 15 is 0 Å². The van der Waals surface area contributed by atoms with Crippen LogP contribution < -0.4 is 18.9 Å². The van der Waals surface area contributed by atoms with Crippen molar-refractivity contribution in [3.05, 3.63) is 47.5 Å². The summed E-state index contributed by atoms with van der Waals surface area (Å²) in [6, 6.07) is 11.6. The molecule has 1 aliphatic heterocycles. The first-order valence-corrected chi connectivity index (χ1v) is 13.5. The zero-order chi connectivity index (χ0) is 24.9. The number of methoxy groups -OCH3 is 1. The molecule has 192 valence electrons. The van der Waals surface area contributed by atoms with Crippen LogP contribution in [0.3, 0.4) is 0 Å². The van der Waals surface area contributed by atoms with Crippen LogP contribution in [0, 0.1) is 0 Å². The lowest BCUT2D eigenvalue weighted by molar-refractivity contribution is -0.134. The normalized spacial score (nSPS) is 14.7. The van der Waals surface area contributed by atoms with Crippen molar-refractivity contribution in [1.29, 1.82) is 0 Å². The van der Waals surface area contributed by atoms with Crippen LogP contribution >= 0.6 is 0 Å². The largest absolute Gasteiger partial charge is 0.497 e. The summed E-state index contributed by atoms with van der Waals surface area (Å²) in [6.07, 6.45) is 13.1. The van der Waals surface area contributed by atoms with Crippen LogP contribution in [0.5, 0.6) is 23.0 Å². The molecule has 1 aliphatic rings. The van der Waals surface area contributed by atoms with Gasteiger partial charge in [0.15, 0.2) is 0 Å². The minimum atomic E-state index is -0.182. The van der Waals surface area contributed by atoms with Gasteiger partial charge in [0.2, 0.25) is 0 Å². The van der Waals surface area contributed by atoms with Gasteiger partial charge in [-0.1, -0.05) is 64.4 Å². The van der Waals surface area contributed by atoms with Crippen molar-refractivity contribution in [1.82, 2.24) is 0 Å². The van der Waals surface area contributed by atoms with Gasteiger partial charge in [-0.05, 0) is 49.9 Å². The zero-order valence-corrected chi connectivity index (χ0v) is 21.8. The third kappa shape index (κ3) is 8.48. The Hall–Kier alpha value is -2.69. The molecule has 0 saturated heterocycles. The minimum Gasteiger partial charge on any atom is -0.497 e. The van der Waals surface area contributed by atoms with Crippen LogP contribution in [0.1, 0.15) is 102 Å². The summed E-state index contributed by atoms with van der Waals surface area (Å²) in [7, 11) is 1.66. The highest BCUT2D eigenvalue weighted by molar-refractivity contribution is 5.72. The molecule has 0 aromatic heterocycles. The van der Waals surface area contributed by atoms with Gasteiger partial charge in [0, 0.05) is 24.1 Å². The number of fused-ring (bicyclic) bond motifs is 1. The Bertz CT molecular complexity index is 923. The first-order chi connectivity index (χ1) is 17.1. The maximum Gasteiger partial charge on any atom is 0.311 e. The van der Waals surface area contributed by atoms with Crippen LogP contribution in [-0.2, 0) is 11.2 Å². The fraction of sp³-hybridized carbons (Fsp3) is 0.567. The molecular formula is C30H42O5. The maximum atomic E-state index is 12.4. The molecule has 0 N–H and O–H groups in total. The molecule has 5 heteroatoms. The number of ether oxygens (including phenoxy) is 4. The Balaban J connectivity index is 1.50. The fourth-order valence-electron chi connectivity index (χ4n) is 4.58. The average Bonchev–Trinajstić information content (AvgIpc) is 2.87. The van der Waals surface area contributed by atoms with E-state index in [1.54, 1.807) is 7.11 Å². The van der Waals surface area contributed by atoms with E-state index in [1.807, 2.05) is 37.3 Å². The standard InChI is InChI=1S/C30H42O5/c1-4-6-7-8-9-10-11-12-13-14-30(31)34-25-18-19-26(29(22-25)33-5-2)27-20-16-23-15-17-24(32-3)21-28(23)35-27/h15,17-19,21-22,27H,4-14,16,20H2,1-3H3. The van der Waals surface area contributed by atoms with Crippen molar-refractivity contribution in [3.63, 3.8) is 0 Å². The molecule has 35 heavy (non-hydrogen) atoms. The molecular weight excluding hydrogens is 440 g/mol. The van der Waals surface area contributed by atoms with Gasteiger partial charge in [0.05, 0.1) is 13.7 Å². The molecule has 0 amide bonds. The minimum absolute atomic E-state index is 0.122. The number of hydrogen-bond acceptors (Lipinski definition) is 5. The Kier molecular flexibility index (Phi) is 11.3. The van der Waals surface area contributed by atoms with E-state index in [-0.39, 0.29) is 12.1 Å². The van der Waals surface area contributed by atoms with E-state index < -0.39 is 0 Å². The summed E-state index contributed by atoms with van der Waals surface area (Å²) in [4.78, 5) is 12.4. The van der Waals surface area contributed by atoms with Gasteiger partial charge in [0.1, 0.15) is 29.1 Å². The van der Waals surface area contributed by atoms with Crippen molar-refractivity contribution in [2.24, 2.45) is 0 Å². The second-order valence-electron chi connectivity index (χ2n) is 9.30. The molecule has 0 spiro atoms. The molecule has 2 aromatic rings. The van der Waals surface area contributed by atoms with Crippen molar-refractivity contribution < 1.29 is 23.7 Å². The number of benzene rings is 2. The van der Waals surface area contributed by atoms with Gasteiger partial charge in [-0.15, -0.1) is 0 Å². The molecule has 1 unspecified atom stereocenters. The van der Waals surface area contributed by atoms with E-state index in [0.717, 1.165) is 42.7 Å². The van der Waals surface area contributed by atoms with E-state index in [4.69, 9.17) is 18.9 Å². The monoisotopic (exact) mass is 482 g/mol. The van der Waals surface area contributed by atoms with E-state index in [9.17, 15) is 4.79 Å². The summed E-state index contributed by atoms with van der Waals surface area (Å²) in [5.41, 5.74) is 2.15. The second-order valence-corrected chi connectivity index (χ2v) is 9.30. The molecule has 3 rings (SSSR count). The molecule has 0 fully saturated rings. The molecule has 0 bridgehead atoms. The van der Waals surface area contributed by atoms with Gasteiger partial charge in [-0.3, -0.25) is 4.79 Å². The lowest BCUT2D eigenvalue weighted by Crippen LogP contribution is -2.16. The van der Waals surface area contributed by atoms with E-state index in [1.165, 1.54) is 50.5 Å². The zero-order valence-electron chi connectivity index (χ0n) is 21.8. The predicted octanol–water partition coefficient (Wildman–Crippen LogP) is 7.99. The lowest BCUT2D eigenvalue weighted by Gasteiger charge is -2.28. The van der Waals surface area contributed by atoms with Crippen LogP contribution in [-0.4, -0.2) is 19.7 Å². The summed E-state index contributed by atoms with van der Waals surface area (Å²) in [6.45, 7) is 4.72. The highest BCUT2D eigenvalue weighted by atomic mass is 16.5. The van der Waals surface area contributed by atoms with Crippen LogP contribution in [0.4, 0.5) is 0 Å². The maximum absolute atomic E-state index is 12.4. The number of unbranched alkanes of at least 4 members (excludes halogenated alkanes) is 8. The first kappa shape index (κ1) is 26.9. The van der Waals surface area contributed by atoms with E-state index in [0.29, 0.717) is 24.5 Å². The van der Waals surface area contributed by atoms with Crippen LogP contribution in [0.25, 0.3) is 0 Å². The molecule has 1 atom stereocenters. The smallest absolute Gasteiger partial charge is 0.311 e. The second kappa shape index (κ2) is 14.7. The van der Waals surface area contributed by atoms with Crippen molar-refractivity contribution in [2.75, 3.05) is 13.7 Å². The molecule has 5 nitrogen and oxygen atoms in total. The number of hydrogen-bond donors (Lipinski definition) is 0. The molecule has 1 heterocycles. The number of aryl methyl sites for hydroxylation is 1. The predicted molar refractivity (Wildman–Crippen MR) is 140 cm³/mol. The first-order valence-electron chi connectivity index (χ1n) is 13.5. The molecule has 0 aliphatic carbocycles. The van der Waals surface area contributed by atoms with Gasteiger partial charge in [0.25, 0.3) is 0 Å². The summed E-state index contributed by atoms with van der Waals surface area (Å²) < 4.78 is 23.2.